The van der Waals surface area contributed by atoms with Crippen molar-refractivity contribution in [2.45, 2.75) is 18.4 Å². The van der Waals surface area contributed by atoms with Crippen LogP contribution in [0.15, 0.2) is 46.9 Å². The lowest BCUT2D eigenvalue weighted by Gasteiger charge is -2.07. The summed E-state index contributed by atoms with van der Waals surface area (Å²) in [6.07, 6.45) is 0. The predicted molar refractivity (Wildman–Crippen MR) is 84.7 cm³/mol. The number of aryl methyl sites for hydroxylation is 1. The van der Waals surface area contributed by atoms with Gasteiger partial charge in [-0.15, -0.1) is 0 Å². The minimum Gasteiger partial charge on any atom is -0.399 e. The van der Waals surface area contributed by atoms with Gasteiger partial charge in [0.15, 0.2) is 0 Å². The van der Waals surface area contributed by atoms with Gasteiger partial charge in [0.1, 0.15) is 0 Å². The second-order valence-electron chi connectivity index (χ2n) is 4.27. The molecular formula is C15H16BrNS. The molecule has 0 saturated carbocycles. The first-order valence-electron chi connectivity index (χ1n) is 5.83. The fraction of sp³-hybridized carbons (Fsp3) is 0.200. The SMILES string of the molecule is Cc1ccccc1CSCc1ccc(N)cc1Br. The van der Waals surface area contributed by atoms with E-state index in [1.165, 1.54) is 16.7 Å². The molecule has 0 bridgehead atoms. The number of thioether (sulfide) groups is 1. The Bertz CT molecular complexity index is 540. The van der Waals surface area contributed by atoms with Gasteiger partial charge >= 0.3 is 0 Å². The average molecular weight is 322 g/mol. The normalized spacial score (nSPS) is 10.6. The van der Waals surface area contributed by atoms with Crippen LogP contribution in [0.4, 0.5) is 5.69 Å². The third-order valence-electron chi connectivity index (χ3n) is 2.85. The Morgan fingerprint density at radius 1 is 1.06 bits per heavy atom. The van der Waals surface area contributed by atoms with Crippen molar-refractivity contribution < 1.29 is 0 Å². The lowest BCUT2D eigenvalue weighted by molar-refractivity contribution is 1.29. The summed E-state index contributed by atoms with van der Waals surface area (Å²) in [6.45, 7) is 2.16. The van der Waals surface area contributed by atoms with Crippen LogP contribution in [0, 0.1) is 6.92 Å². The van der Waals surface area contributed by atoms with E-state index in [0.717, 1.165) is 21.7 Å². The highest BCUT2D eigenvalue weighted by Gasteiger charge is 2.02. The molecule has 1 nitrogen and oxygen atoms in total. The third-order valence-corrected chi connectivity index (χ3v) is 4.62. The summed E-state index contributed by atoms with van der Waals surface area (Å²) >= 11 is 5.48. The maximum absolute atomic E-state index is 5.73. The molecule has 2 aromatic carbocycles. The summed E-state index contributed by atoms with van der Waals surface area (Å²) in [6, 6.07) is 14.5. The number of hydrogen-bond acceptors (Lipinski definition) is 2. The van der Waals surface area contributed by atoms with Crippen LogP contribution >= 0.6 is 27.7 Å². The largest absolute Gasteiger partial charge is 0.399 e. The van der Waals surface area contributed by atoms with E-state index in [2.05, 4.69) is 53.2 Å². The second-order valence-corrected chi connectivity index (χ2v) is 6.11. The molecule has 18 heavy (non-hydrogen) atoms. The molecule has 0 unspecified atom stereocenters. The van der Waals surface area contributed by atoms with Gasteiger partial charge in [-0.3, -0.25) is 0 Å². The monoisotopic (exact) mass is 321 g/mol. The molecule has 0 aliphatic heterocycles. The summed E-state index contributed by atoms with van der Waals surface area (Å²) in [5.41, 5.74) is 10.6. The number of halogens is 1. The summed E-state index contributed by atoms with van der Waals surface area (Å²) in [5, 5.41) is 0. The van der Waals surface area contributed by atoms with Crippen molar-refractivity contribution in [1.82, 2.24) is 0 Å². The smallest absolute Gasteiger partial charge is 0.0325 e. The van der Waals surface area contributed by atoms with E-state index >= 15 is 0 Å². The number of anilines is 1. The standard InChI is InChI=1S/C15H16BrNS/c1-11-4-2-3-5-12(11)9-18-10-13-6-7-14(17)8-15(13)16/h2-8H,9-10,17H2,1H3. The molecule has 2 rings (SSSR count). The molecule has 0 aliphatic rings. The molecule has 2 N–H and O–H groups in total. The van der Waals surface area contributed by atoms with Gasteiger partial charge in [-0.25, -0.2) is 0 Å². The van der Waals surface area contributed by atoms with Gasteiger partial charge in [-0.2, -0.15) is 11.8 Å². The van der Waals surface area contributed by atoms with E-state index in [1.807, 2.05) is 23.9 Å². The summed E-state index contributed by atoms with van der Waals surface area (Å²) in [5.74, 6) is 2.04. The molecule has 0 saturated heterocycles. The topological polar surface area (TPSA) is 26.0 Å². The van der Waals surface area contributed by atoms with Gasteiger partial charge in [0.25, 0.3) is 0 Å². The van der Waals surface area contributed by atoms with Crippen LogP contribution in [-0.4, -0.2) is 0 Å². The Balaban J connectivity index is 1.95. The molecule has 0 heterocycles. The quantitative estimate of drug-likeness (QED) is 0.820. The van der Waals surface area contributed by atoms with Gasteiger partial charge in [0.2, 0.25) is 0 Å². The fourth-order valence-electron chi connectivity index (χ4n) is 1.72. The first-order chi connectivity index (χ1) is 8.66. The summed E-state index contributed by atoms with van der Waals surface area (Å²) in [4.78, 5) is 0. The molecule has 0 spiro atoms. The second kappa shape index (κ2) is 6.30. The predicted octanol–water partition coefficient (Wildman–Crippen LogP) is 4.77. The average Bonchev–Trinajstić information content (AvgIpc) is 2.34. The van der Waals surface area contributed by atoms with Crippen LogP contribution in [0.25, 0.3) is 0 Å². The molecule has 0 radical (unpaired) electrons. The lowest BCUT2D eigenvalue weighted by Crippen LogP contribution is -1.90. The van der Waals surface area contributed by atoms with E-state index in [0.29, 0.717) is 0 Å². The first-order valence-corrected chi connectivity index (χ1v) is 7.78. The number of nitrogen functional groups attached to an aromatic ring is 1. The minimum atomic E-state index is 0.800. The van der Waals surface area contributed by atoms with Crippen molar-refractivity contribution in [3.63, 3.8) is 0 Å². The number of benzene rings is 2. The van der Waals surface area contributed by atoms with E-state index in [4.69, 9.17) is 5.73 Å². The van der Waals surface area contributed by atoms with Gasteiger partial charge in [0, 0.05) is 21.7 Å². The van der Waals surface area contributed by atoms with Crippen molar-refractivity contribution >= 4 is 33.4 Å². The first kappa shape index (κ1) is 13.5. The lowest BCUT2D eigenvalue weighted by atomic mass is 10.1. The Labute approximate surface area is 121 Å². The maximum atomic E-state index is 5.73. The van der Waals surface area contributed by atoms with Crippen LogP contribution in [0.2, 0.25) is 0 Å². The number of rotatable bonds is 4. The molecular weight excluding hydrogens is 306 g/mol. The van der Waals surface area contributed by atoms with E-state index in [-0.39, 0.29) is 0 Å². The molecule has 3 heteroatoms. The Hall–Kier alpha value is -0.930. The number of hydrogen-bond donors (Lipinski definition) is 1. The van der Waals surface area contributed by atoms with Gasteiger partial charge < -0.3 is 5.73 Å². The Morgan fingerprint density at radius 2 is 1.78 bits per heavy atom. The molecule has 0 aliphatic carbocycles. The van der Waals surface area contributed by atoms with Gasteiger partial charge in [-0.1, -0.05) is 46.3 Å². The van der Waals surface area contributed by atoms with Crippen LogP contribution in [0.3, 0.4) is 0 Å². The zero-order valence-corrected chi connectivity index (χ0v) is 12.7. The van der Waals surface area contributed by atoms with Crippen LogP contribution in [-0.2, 0) is 11.5 Å². The molecule has 2 aromatic rings. The highest BCUT2D eigenvalue weighted by molar-refractivity contribution is 9.10. The van der Waals surface area contributed by atoms with Crippen molar-refractivity contribution in [2.24, 2.45) is 0 Å². The third kappa shape index (κ3) is 3.53. The van der Waals surface area contributed by atoms with Crippen molar-refractivity contribution in [3.8, 4) is 0 Å². The highest BCUT2D eigenvalue weighted by Crippen LogP contribution is 2.26. The van der Waals surface area contributed by atoms with Gasteiger partial charge in [0.05, 0.1) is 0 Å². The van der Waals surface area contributed by atoms with Crippen LogP contribution in [0.5, 0.6) is 0 Å². The van der Waals surface area contributed by atoms with Crippen molar-refractivity contribution in [2.75, 3.05) is 5.73 Å². The van der Waals surface area contributed by atoms with Crippen molar-refractivity contribution in [3.05, 3.63) is 63.6 Å². The number of nitrogens with two attached hydrogens (primary N) is 1. The van der Waals surface area contributed by atoms with Crippen LogP contribution in [0.1, 0.15) is 16.7 Å². The van der Waals surface area contributed by atoms with Gasteiger partial charge in [-0.05, 0) is 35.7 Å². The molecule has 0 amide bonds. The van der Waals surface area contributed by atoms with E-state index < -0.39 is 0 Å². The molecule has 0 atom stereocenters. The zero-order chi connectivity index (χ0) is 13.0. The minimum absolute atomic E-state index is 0.800. The molecule has 0 aromatic heterocycles. The summed E-state index contributed by atoms with van der Waals surface area (Å²) in [7, 11) is 0. The molecule has 94 valence electrons. The van der Waals surface area contributed by atoms with Crippen LogP contribution < -0.4 is 5.73 Å². The van der Waals surface area contributed by atoms with E-state index in [1.54, 1.807) is 0 Å². The van der Waals surface area contributed by atoms with Crippen molar-refractivity contribution in [1.29, 1.82) is 0 Å². The zero-order valence-electron chi connectivity index (χ0n) is 10.3. The Kier molecular flexibility index (Phi) is 4.72. The van der Waals surface area contributed by atoms with E-state index in [9.17, 15) is 0 Å². The fourth-order valence-corrected chi connectivity index (χ4v) is 3.56. The summed E-state index contributed by atoms with van der Waals surface area (Å²) < 4.78 is 1.10. The maximum Gasteiger partial charge on any atom is 0.0325 e. The Morgan fingerprint density at radius 3 is 2.50 bits per heavy atom. The molecule has 0 fully saturated rings. The highest BCUT2D eigenvalue weighted by atomic mass is 79.9.